The summed E-state index contributed by atoms with van der Waals surface area (Å²) >= 11 is 1.38. The van der Waals surface area contributed by atoms with Crippen LogP contribution < -0.4 is 10.5 Å². The molecule has 0 saturated heterocycles. The Bertz CT molecular complexity index is 1070. The molecule has 3 aromatic rings. The van der Waals surface area contributed by atoms with Gasteiger partial charge in [-0.15, -0.1) is 11.3 Å². The summed E-state index contributed by atoms with van der Waals surface area (Å²) < 4.78 is 18.6. The lowest BCUT2D eigenvalue weighted by Crippen LogP contribution is -2.51. The summed E-state index contributed by atoms with van der Waals surface area (Å²) in [6.07, 6.45) is 0.504. The van der Waals surface area contributed by atoms with Crippen LogP contribution in [0.25, 0.3) is 0 Å². The van der Waals surface area contributed by atoms with Crippen molar-refractivity contribution in [1.82, 2.24) is 9.88 Å². The first-order chi connectivity index (χ1) is 14.5. The maximum absolute atomic E-state index is 13.0. The number of primary amides is 1. The fraction of sp³-hybridized carbons (Fsp3) is 0.227. The number of nitrogens with two attached hydrogens (primary N) is 1. The molecule has 2 amide bonds. The monoisotopic (exact) mass is 425 g/mol. The number of carbonyl (C=O) groups is 2. The lowest BCUT2D eigenvalue weighted by atomic mass is 9.93. The molecule has 154 valence electrons. The molecule has 2 N–H and O–H groups in total. The van der Waals surface area contributed by atoms with Crippen LogP contribution in [0.4, 0.5) is 4.39 Å². The molecule has 1 aromatic heterocycles. The molecule has 0 radical (unpaired) electrons. The Kier molecular flexibility index (Phi) is 5.76. The lowest BCUT2D eigenvalue weighted by molar-refractivity contribution is -0.140. The van der Waals surface area contributed by atoms with Crippen LogP contribution in [0.5, 0.6) is 5.75 Å². The topological polar surface area (TPSA) is 85.5 Å². The van der Waals surface area contributed by atoms with Crippen molar-refractivity contribution in [2.45, 2.75) is 32.0 Å². The summed E-state index contributed by atoms with van der Waals surface area (Å²) in [5, 5.41) is 2.51. The first-order valence-corrected chi connectivity index (χ1v) is 10.3. The molecule has 1 aliphatic heterocycles. The van der Waals surface area contributed by atoms with Crippen LogP contribution in [0.3, 0.4) is 0 Å². The van der Waals surface area contributed by atoms with Crippen molar-refractivity contribution >= 4 is 23.2 Å². The fourth-order valence-corrected chi connectivity index (χ4v) is 4.17. The number of aromatic nitrogens is 1. The number of thiazole rings is 1. The van der Waals surface area contributed by atoms with Crippen LogP contribution in [-0.2, 0) is 35.6 Å². The van der Waals surface area contributed by atoms with E-state index in [9.17, 15) is 14.0 Å². The van der Waals surface area contributed by atoms with Gasteiger partial charge in [-0.25, -0.2) is 9.37 Å². The van der Waals surface area contributed by atoms with E-state index in [2.05, 4.69) is 4.98 Å². The van der Waals surface area contributed by atoms with Crippen molar-refractivity contribution in [2.75, 3.05) is 0 Å². The van der Waals surface area contributed by atoms with Crippen LogP contribution in [-0.4, -0.2) is 27.7 Å². The summed E-state index contributed by atoms with van der Waals surface area (Å²) in [5.41, 5.74) is 8.25. The highest BCUT2D eigenvalue weighted by atomic mass is 32.1. The minimum Gasteiger partial charge on any atom is -0.486 e. The van der Waals surface area contributed by atoms with Gasteiger partial charge in [0.25, 0.3) is 0 Å². The third-order valence-electron chi connectivity index (χ3n) is 5.00. The van der Waals surface area contributed by atoms with Gasteiger partial charge >= 0.3 is 0 Å². The van der Waals surface area contributed by atoms with Gasteiger partial charge in [-0.1, -0.05) is 24.3 Å². The maximum Gasteiger partial charge on any atom is 0.240 e. The molecule has 2 aromatic carbocycles. The number of hydrogen-bond donors (Lipinski definition) is 1. The molecule has 0 aliphatic carbocycles. The Morgan fingerprint density at radius 1 is 1.17 bits per heavy atom. The van der Waals surface area contributed by atoms with Crippen molar-refractivity contribution in [2.24, 2.45) is 5.73 Å². The predicted molar refractivity (Wildman–Crippen MR) is 110 cm³/mol. The highest BCUT2D eigenvalue weighted by Gasteiger charge is 2.33. The molecule has 30 heavy (non-hydrogen) atoms. The van der Waals surface area contributed by atoms with Gasteiger partial charge in [-0.3, -0.25) is 9.59 Å². The van der Waals surface area contributed by atoms with Gasteiger partial charge in [0.05, 0.1) is 12.1 Å². The molecule has 4 rings (SSSR count). The third-order valence-corrected chi connectivity index (χ3v) is 5.88. The molecule has 1 atom stereocenters. The van der Waals surface area contributed by atoms with E-state index in [1.54, 1.807) is 22.4 Å². The van der Waals surface area contributed by atoms with Crippen LogP contribution in [0.15, 0.2) is 53.9 Å². The van der Waals surface area contributed by atoms with Gasteiger partial charge in [-0.05, 0) is 35.4 Å². The quantitative estimate of drug-likeness (QED) is 0.658. The lowest BCUT2D eigenvalue weighted by Gasteiger charge is -2.35. The minimum absolute atomic E-state index is 0.0823. The second kappa shape index (κ2) is 8.62. The van der Waals surface area contributed by atoms with E-state index < -0.39 is 11.9 Å². The second-order valence-corrected chi connectivity index (χ2v) is 8.01. The average molecular weight is 425 g/mol. The second-order valence-electron chi connectivity index (χ2n) is 7.06. The number of carbonyl (C=O) groups excluding carboxylic acids is 2. The summed E-state index contributed by atoms with van der Waals surface area (Å²) in [7, 11) is 0. The maximum atomic E-state index is 13.0. The molecular formula is C22H20FN3O3S. The Morgan fingerprint density at radius 2 is 1.90 bits per heavy atom. The Labute approximate surface area is 177 Å². The van der Waals surface area contributed by atoms with Gasteiger partial charge in [-0.2, -0.15) is 0 Å². The third kappa shape index (κ3) is 4.49. The number of benzene rings is 2. The summed E-state index contributed by atoms with van der Waals surface area (Å²) in [5.74, 6) is -0.485. The number of halogens is 1. The van der Waals surface area contributed by atoms with Crippen molar-refractivity contribution in [3.8, 4) is 5.75 Å². The molecular weight excluding hydrogens is 405 g/mol. The minimum atomic E-state index is -0.660. The van der Waals surface area contributed by atoms with Gasteiger partial charge in [0, 0.05) is 18.3 Å². The number of nitrogens with zero attached hydrogens (tertiary/aromatic N) is 2. The van der Waals surface area contributed by atoms with Crippen LogP contribution in [0.2, 0.25) is 0 Å². The zero-order valence-corrected chi connectivity index (χ0v) is 16.9. The van der Waals surface area contributed by atoms with Gasteiger partial charge in [0.1, 0.15) is 29.2 Å². The van der Waals surface area contributed by atoms with Crippen molar-refractivity contribution in [3.63, 3.8) is 0 Å². The number of fused-ring (bicyclic) bond motifs is 1. The fourth-order valence-electron chi connectivity index (χ4n) is 3.47. The van der Waals surface area contributed by atoms with Gasteiger partial charge in [0.15, 0.2) is 0 Å². The van der Waals surface area contributed by atoms with Crippen LogP contribution >= 0.6 is 11.3 Å². The van der Waals surface area contributed by atoms with Crippen molar-refractivity contribution in [1.29, 1.82) is 0 Å². The number of hydrogen-bond acceptors (Lipinski definition) is 5. The molecule has 0 bridgehead atoms. The molecule has 0 saturated carbocycles. The molecule has 6 nitrogen and oxygen atoms in total. The Morgan fingerprint density at radius 3 is 2.63 bits per heavy atom. The van der Waals surface area contributed by atoms with E-state index in [1.807, 2.05) is 24.3 Å². The zero-order valence-electron chi connectivity index (χ0n) is 16.1. The normalized spacial score (nSPS) is 15.5. The number of rotatable bonds is 6. The Balaban J connectivity index is 1.41. The zero-order chi connectivity index (χ0) is 21.1. The molecule has 0 unspecified atom stereocenters. The summed E-state index contributed by atoms with van der Waals surface area (Å²) in [4.78, 5) is 30.9. The average Bonchev–Trinajstić information content (AvgIpc) is 3.19. The standard InChI is InChI=1S/C22H20FN3O3S/c23-16-5-7-18(8-6-16)29-12-20-25-17(13-30-20)10-21(27)26-11-15-4-2-1-3-14(15)9-19(26)22(24)28/h1-8,13,19H,9-12H2,(H2,24,28)/t19-/m1/s1. The van der Waals surface area contributed by atoms with E-state index in [0.29, 0.717) is 29.4 Å². The molecule has 1 aliphatic rings. The smallest absolute Gasteiger partial charge is 0.240 e. The first kappa shape index (κ1) is 20.0. The number of amides is 2. The van der Waals surface area contributed by atoms with E-state index >= 15 is 0 Å². The summed E-state index contributed by atoms with van der Waals surface area (Å²) in [6.45, 7) is 0.582. The largest absolute Gasteiger partial charge is 0.486 e. The van der Waals surface area contributed by atoms with E-state index in [-0.39, 0.29) is 24.8 Å². The van der Waals surface area contributed by atoms with Gasteiger partial charge in [0.2, 0.25) is 11.8 Å². The first-order valence-electron chi connectivity index (χ1n) is 9.47. The van der Waals surface area contributed by atoms with E-state index in [1.165, 1.54) is 23.5 Å². The van der Waals surface area contributed by atoms with Crippen molar-refractivity contribution < 1.29 is 18.7 Å². The molecule has 0 spiro atoms. The van der Waals surface area contributed by atoms with Crippen LogP contribution in [0.1, 0.15) is 21.8 Å². The highest BCUT2D eigenvalue weighted by Crippen LogP contribution is 2.24. The van der Waals surface area contributed by atoms with Crippen molar-refractivity contribution in [3.05, 3.63) is 81.6 Å². The Hall–Kier alpha value is -3.26. The summed E-state index contributed by atoms with van der Waals surface area (Å²) in [6, 6.07) is 12.8. The molecule has 0 fully saturated rings. The van der Waals surface area contributed by atoms with E-state index in [0.717, 1.165) is 11.1 Å². The molecule has 8 heteroatoms. The number of ether oxygens (including phenoxy) is 1. The van der Waals surface area contributed by atoms with Crippen LogP contribution in [0, 0.1) is 5.82 Å². The van der Waals surface area contributed by atoms with E-state index in [4.69, 9.17) is 10.5 Å². The SMILES string of the molecule is NC(=O)[C@H]1Cc2ccccc2CN1C(=O)Cc1csc(COc2ccc(F)cc2)n1. The molecule has 2 heterocycles. The predicted octanol–water partition coefficient (Wildman–Crippen LogP) is 2.84. The van der Waals surface area contributed by atoms with Gasteiger partial charge < -0.3 is 15.4 Å². The highest BCUT2D eigenvalue weighted by molar-refractivity contribution is 7.09.